The molecule has 1 heterocycles. The number of nitriles is 1. The van der Waals surface area contributed by atoms with Crippen molar-refractivity contribution in [3.8, 4) is 11.8 Å². The number of rotatable bonds is 5. The molecule has 126 valence electrons. The Hall–Kier alpha value is -2.39. The minimum Gasteiger partial charge on any atom is -0.481 e. The van der Waals surface area contributed by atoms with Gasteiger partial charge in [0.05, 0.1) is 5.69 Å². The van der Waals surface area contributed by atoms with E-state index in [-0.39, 0.29) is 5.91 Å². The number of nitrogens with zero attached hydrogens (tertiary/aromatic N) is 2. The SMILES string of the molecule is Cc1cc(O[C@@H](C)C(=O)Nc2snc(C)c2C#N)ccc1C(C)C. The molecule has 0 aliphatic heterocycles. The number of nitrogens with one attached hydrogen (secondary N) is 1. The smallest absolute Gasteiger partial charge is 0.265 e. The van der Waals surface area contributed by atoms with Crippen LogP contribution in [-0.4, -0.2) is 16.4 Å². The van der Waals surface area contributed by atoms with E-state index < -0.39 is 6.10 Å². The van der Waals surface area contributed by atoms with Crippen molar-refractivity contribution in [3.05, 3.63) is 40.6 Å². The molecule has 6 heteroatoms. The van der Waals surface area contributed by atoms with Crippen LogP contribution in [0.1, 0.15) is 49.1 Å². The fourth-order valence-electron chi connectivity index (χ4n) is 2.43. The molecular formula is C18H21N3O2S. The number of hydrogen-bond donors (Lipinski definition) is 1. The second kappa shape index (κ2) is 7.45. The first-order chi connectivity index (χ1) is 11.3. The van der Waals surface area contributed by atoms with Crippen molar-refractivity contribution in [2.24, 2.45) is 0 Å². The van der Waals surface area contributed by atoms with E-state index in [0.717, 1.165) is 17.1 Å². The van der Waals surface area contributed by atoms with Gasteiger partial charge >= 0.3 is 0 Å². The minimum atomic E-state index is -0.678. The lowest BCUT2D eigenvalue weighted by Gasteiger charge is -2.16. The zero-order chi connectivity index (χ0) is 17.9. The summed E-state index contributed by atoms with van der Waals surface area (Å²) in [6, 6.07) is 7.90. The molecule has 0 fully saturated rings. The second-order valence-corrected chi connectivity index (χ2v) is 6.78. The lowest BCUT2D eigenvalue weighted by Crippen LogP contribution is -2.30. The number of aromatic nitrogens is 1. The number of ether oxygens (including phenoxy) is 1. The monoisotopic (exact) mass is 343 g/mol. The molecule has 1 aromatic carbocycles. The van der Waals surface area contributed by atoms with Crippen LogP contribution in [0, 0.1) is 25.2 Å². The Kier molecular flexibility index (Phi) is 5.58. The van der Waals surface area contributed by atoms with E-state index in [2.05, 4.69) is 29.6 Å². The molecule has 0 saturated heterocycles. The van der Waals surface area contributed by atoms with Gasteiger partial charge in [-0.1, -0.05) is 19.9 Å². The molecule has 1 N–H and O–H groups in total. The maximum absolute atomic E-state index is 12.3. The van der Waals surface area contributed by atoms with Crippen LogP contribution >= 0.6 is 11.5 Å². The number of benzene rings is 1. The molecule has 0 bridgehead atoms. The van der Waals surface area contributed by atoms with Crippen molar-refractivity contribution in [2.75, 3.05) is 5.32 Å². The van der Waals surface area contributed by atoms with Crippen LogP contribution < -0.4 is 10.1 Å². The zero-order valence-electron chi connectivity index (χ0n) is 14.5. The Morgan fingerprint density at radius 1 is 1.33 bits per heavy atom. The molecule has 0 aliphatic rings. The number of anilines is 1. The molecule has 0 aliphatic carbocycles. The third-order valence-corrected chi connectivity index (χ3v) is 4.61. The lowest BCUT2D eigenvalue weighted by molar-refractivity contribution is -0.122. The Labute approximate surface area is 146 Å². The van der Waals surface area contributed by atoms with E-state index in [4.69, 9.17) is 10.00 Å². The molecule has 1 amide bonds. The zero-order valence-corrected chi connectivity index (χ0v) is 15.3. The van der Waals surface area contributed by atoms with Crippen LogP contribution in [0.25, 0.3) is 0 Å². The van der Waals surface area contributed by atoms with Crippen molar-refractivity contribution in [3.63, 3.8) is 0 Å². The first kappa shape index (κ1) is 18.0. The van der Waals surface area contributed by atoms with Crippen LogP contribution in [0.15, 0.2) is 18.2 Å². The summed E-state index contributed by atoms with van der Waals surface area (Å²) in [6.45, 7) is 9.74. The average molecular weight is 343 g/mol. The maximum Gasteiger partial charge on any atom is 0.265 e. The van der Waals surface area contributed by atoms with Gasteiger partial charge in [-0.3, -0.25) is 4.79 Å². The van der Waals surface area contributed by atoms with Gasteiger partial charge in [-0.15, -0.1) is 0 Å². The Morgan fingerprint density at radius 3 is 2.62 bits per heavy atom. The molecule has 1 atom stereocenters. The molecule has 0 radical (unpaired) electrons. The summed E-state index contributed by atoms with van der Waals surface area (Å²) >= 11 is 1.10. The van der Waals surface area contributed by atoms with Gasteiger partial charge in [-0.25, -0.2) is 0 Å². The van der Waals surface area contributed by atoms with Gasteiger partial charge in [-0.2, -0.15) is 9.64 Å². The van der Waals surface area contributed by atoms with E-state index in [0.29, 0.717) is 27.9 Å². The van der Waals surface area contributed by atoms with E-state index in [1.54, 1.807) is 13.8 Å². The predicted molar refractivity (Wildman–Crippen MR) is 95.6 cm³/mol. The van der Waals surface area contributed by atoms with E-state index in [1.165, 1.54) is 5.56 Å². The quantitative estimate of drug-likeness (QED) is 0.884. The maximum atomic E-state index is 12.3. The van der Waals surface area contributed by atoms with E-state index in [9.17, 15) is 4.79 Å². The van der Waals surface area contributed by atoms with Crippen molar-refractivity contribution in [1.29, 1.82) is 5.26 Å². The number of hydrogen-bond acceptors (Lipinski definition) is 5. The van der Waals surface area contributed by atoms with Gasteiger partial charge in [0, 0.05) is 0 Å². The molecule has 5 nitrogen and oxygen atoms in total. The predicted octanol–water partition coefficient (Wildman–Crippen LogP) is 4.16. The number of carbonyl (C=O) groups is 1. The van der Waals surface area contributed by atoms with Crippen LogP contribution in [0.2, 0.25) is 0 Å². The minimum absolute atomic E-state index is 0.305. The Bertz CT molecular complexity index is 790. The van der Waals surface area contributed by atoms with Crippen molar-refractivity contribution < 1.29 is 9.53 Å². The van der Waals surface area contributed by atoms with Gasteiger partial charge in [0.25, 0.3) is 5.91 Å². The third-order valence-electron chi connectivity index (χ3n) is 3.76. The molecular weight excluding hydrogens is 322 g/mol. The molecule has 2 aromatic rings. The Balaban J connectivity index is 2.06. The third kappa shape index (κ3) is 3.92. The van der Waals surface area contributed by atoms with Gasteiger partial charge in [0.1, 0.15) is 22.4 Å². The lowest BCUT2D eigenvalue weighted by atomic mass is 9.98. The first-order valence-corrected chi connectivity index (χ1v) is 8.55. The summed E-state index contributed by atoms with van der Waals surface area (Å²) in [5.74, 6) is 0.792. The largest absolute Gasteiger partial charge is 0.481 e. The summed E-state index contributed by atoms with van der Waals surface area (Å²) in [5, 5.41) is 12.3. The first-order valence-electron chi connectivity index (χ1n) is 7.78. The van der Waals surface area contributed by atoms with Crippen LogP contribution in [0.3, 0.4) is 0 Å². The highest BCUT2D eigenvalue weighted by Gasteiger charge is 2.19. The summed E-state index contributed by atoms with van der Waals surface area (Å²) in [7, 11) is 0. The van der Waals surface area contributed by atoms with Crippen LogP contribution in [0.4, 0.5) is 5.00 Å². The molecule has 0 spiro atoms. The van der Waals surface area contributed by atoms with Crippen LogP contribution in [0.5, 0.6) is 5.75 Å². The van der Waals surface area contributed by atoms with E-state index >= 15 is 0 Å². The van der Waals surface area contributed by atoms with E-state index in [1.807, 2.05) is 25.1 Å². The molecule has 24 heavy (non-hydrogen) atoms. The topological polar surface area (TPSA) is 75.0 Å². The molecule has 1 aromatic heterocycles. The average Bonchev–Trinajstić information content (AvgIpc) is 2.86. The fraction of sp³-hybridized carbons (Fsp3) is 0.389. The van der Waals surface area contributed by atoms with Crippen LogP contribution in [-0.2, 0) is 4.79 Å². The van der Waals surface area contributed by atoms with Crippen molar-refractivity contribution in [1.82, 2.24) is 4.37 Å². The summed E-state index contributed by atoms with van der Waals surface area (Å²) in [5.41, 5.74) is 3.42. The van der Waals surface area contributed by atoms with Gasteiger partial charge in [-0.05, 0) is 61.5 Å². The molecule has 0 unspecified atom stereocenters. The van der Waals surface area contributed by atoms with Crippen molar-refractivity contribution >= 4 is 22.4 Å². The molecule has 2 rings (SSSR count). The van der Waals surface area contributed by atoms with Gasteiger partial charge in [0.2, 0.25) is 0 Å². The summed E-state index contributed by atoms with van der Waals surface area (Å²) in [4.78, 5) is 12.3. The highest BCUT2D eigenvalue weighted by molar-refractivity contribution is 7.10. The summed E-state index contributed by atoms with van der Waals surface area (Å²) in [6.07, 6.45) is -0.678. The normalized spacial score (nSPS) is 11.9. The Morgan fingerprint density at radius 2 is 2.04 bits per heavy atom. The standard InChI is InChI=1S/C18H21N3O2S/c1-10(2)15-7-6-14(8-11(15)3)23-13(5)17(22)20-18-16(9-19)12(4)21-24-18/h6-8,10,13H,1-5H3,(H,20,22)/t13-/m0/s1. The highest BCUT2D eigenvalue weighted by atomic mass is 32.1. The van der Waals surface area contributed by atoms with Gasteiger partial charge < -0.3 is 10.1 Å². The highest BCUT2D eigenvalue weighted by Crippen LogP contribution is 2.25. The fourth-order valence-corrected chi connectivity index (χ4v) is 3.18. The summed E-state index contributed by atoms with van der Waals surface area (Å²) < 4.78 is 9.82. The number of carbonyl (C=O) groups excluding carboxylic acids is 1. The van der Waals surface area contributed by atoms with Crippen molar-refractivity contribution in [2.45, 2.75) is 46.6 Å². The second-order valence-electron chi connectivity index (χ2n) is 6.01. The number of aryl methyl sites for hydroxylation is 2. The van der Waals surface area contributed by atoms with Gasteiger partial charge in [0.15, 0.2) is 6.10 Å². The molecule has 0 saturated carbocycles. The number of amides is 1.